The monoisotopic (exact) mass is 488 g/mol. The number of benzene rings is 2. The highest BCUT2D eigenvalue weighted by atomic mass is 19.4. The summed E-state index contributed by atoms with van der Waals surface area (Å²) in [6, 6.07) is 10.3. The van der Waals surface area contributed by atoms with E-state index < -0.39 is 23.5 Å². The molecule has 1 aliphatic rings. The van der Waals surface area contributed by atoms with Crippen LogP contribution >= 0.6 is 0 Å². The fourth-order valence-electron chi connectivity index (χ4n) is 4.00. The molecule has 1 saturated carbocycles. The molecule has 0 saturated heterocycles. The molecule has 2 N–H and O–H groups in total. The van der Waals surface area contributed by atoms with Gasteiger partial charge in [-0.3, -0.25) is 14.9 Å². The molecule has 0 spiro atoms. The van der Waals surface area contributed by atoms with E-state index in [-0.39, 0.29) is 23.8 Å². The van der Waals surface area contributed by atoms with Gasteiger partial charge in [-0.15, -0.1) is 0 Å². The van der Waals surface area contributed by atoms with Gasteiger partial charge in [-0.2, -0.15) is 18.3 Å². The second-order valence-electron chi connectivity index (χ2n) is 8.35. The van der Waals surface area contributed by atoms with E-state index in [2.05, 4.69) is 15.5 Å². The number of hydrogen-bond donors (Lipinski definition) is 2. The molecule has 1 heterocycles. The quantitative estimate of drug-likeness (QED) is 0.271. The van der Waals surface area contributed by atoms with Gasteiger partial charge in [0.2, 0.25) is 0 Å². The van der Waals surface area contributed by atoms with Gasteiger partial charge in [0.05, 0.1) is 24.4 Å². The van der Waals surface area contributed by atoms with Crippen LogP contribution in [0.15, 0.2) is 53.5 Å². The summed E-state index contributed by atoms with van der Waals surface area (Å²) < 4.78 is 57.5. The van der Waals surface area contributed by atoms with Gasteiger partial charge in [0.15, 0.2) is 11.6 Å². The molecule has 1 amide bonds. The maximum absolute atomic E-state index is 14.1. The van der Waals surface area contributed by atoms with Crippen molar-refractivity contribution in [3.8, 4) is 17.0 Å². The van der Waals surface area contributed by atoms with Gasteiger partial charge in [-0.25, -0.2) is 4.39 Å². The molecule has 0 unspecified atom stereocenters. The van der Waals surface area contributed by atoms with Crippen LogP contribution in [0.2, 0.25) is 0 Å². The number of ether oxygens (including phenoxy) is 1. The molecule has 4 rings (SSSR count). The lowest BCUT2D eigenvalue weighted by atomic mass is 10.1. The Morgan fingerprint density at radius 3 is 2.49 bits per heavy atom. The van der Waals surface area contributed by atoms with Crippen LogP contribution in [0.25, 0.3) is 11.3 Å². The van der Waals surface area contributed by atoms with Gasteiger partial charge < -0.3 is 10.1 Å². The highest BCUT2D eigenvalue weighted by Crippen LogP contribution is 2.29. The largest absolute Gasteiger partial charge is 0.494 e. The number of amides is 1. The molecular weight excluding hydrogens is 464 g/mol. The summed E-state index contributed by atoms with van der Waals surface area (Å²) in [7, 11) is 1.38. The number of carbonyl (C=O) groups excluding carboxylic acids is 1. The molecule has 10 heteroatoms. The Balaban J connectivity index is 1.52. The predicted octanol–water partition coefficient (Wildman–Crippen LogP) is 5.56. The SMILES string of the molecule is COc1ccc(-c2cc(CC(=NC3CCCC3)NC(=O)c3ccc(C(F)(F)F)cc3)[nH]n2)cc1F. The van der Waals surface area contributed by atoms with Gasteiger partial charge in [0.25, 0.3) is 5.91 Å². The van der Waals surface area contributed by atoms with Crippen LogP contribution in [0.1, 0.15) is 47.3 Å². The average Bonchev–Trinajstić information content (AvgIpc) is 3.51. The van der Waals surface area contributed by atoms with Crippen molar-refractivity contribution in [2.45, 2.75) is 44.3 Å². The molecule has 184 valence electrons. The Labute approximate surface area is 199 Å². The minimum Gasteiger partial charge on any atom is -0.494 e. The number of alkyl halides is 3. The number of nitrogens with one attached hydrogen (secondary N) is 2. The van der Waals surface area contributed by atoms with E-state index >= 15 is 0 Å². The highest BCUT2D eigenvalue weighted by Gasteiger charge is 2.30. The van der Waals surface area contributed by atoms with Crippen LogP contribution in [-0.4, -0.2) is 35.1 Å². The maximum Gasteiger partial charge on any atom is 0.416 e. The lowest BCUT2D eigenvalue weighted by Crippen LogP contribution is -2.33. The van der Waals surface area contributed by atoms with Crippen molar-refractivity contribution in [2.24, 2.45) is 4.99 Å². The second-order valence-corrected chi connectivity index (χ2v) is 8.35. The Morgan fingerprint density at radius 2 is 1.86 bits per heavy atom. The first-order valence-corrected chi connectivity index (χ1v) is 11.2. The van der Waals surface area contributed by atoms with Crippen LogP contribution in [0.3, 0.4) is 0 Å². The summed E-state index contributed by atoms with van der Waals surface area (Å²) in [6.07, 6.45) is -0.362. The molecule has 35 heavy (non-hydrogen) atoms. The van der Waals surface area contributed by atoms with Crippen molar-refractivity contribution in [3.63, 3.8) is 0 Å². The predicted molar refractivity (Wildman–Crippen MR) is 123 cm³/mol. The zero-order valence-electron chi connectivity index (χ0n) is 19.0. The molecule has 1 aromatic heterocycles. The van der Waals surface area contributed by atoms with E-state index in [1.165, 1.54) is 19.2 Å². The van der Waals surface area contributed by atoms with Crippen LogP contribution < -0.4 is 10.1 Å². The number of nitrogens with zero attached hydrogens (tertiary/aromatic N) is 2. The number of carbonyl (C=O) groups is 1. The molecule has 3 aromatic rings. The first kappa shape index (κ1) is 24.4. The standard InChI is InChI=1S/C25H24F4N4O2/c1-35-22-11-8-16(12-20(22)26)21-13-19(32-33-21)14-23(30-18-4-2-3-5-18)31-24(34)15-6-9-17(10-7-15)25(27,28)29/h6-13,18H,2-5,14H2,1H3,(H,32,33)(H,30,31,34). The summed E-state index contributed by atoms with van der Waals surface area (Å²) in [5.74, 6) is -0.548. The number of amidine groups is 1. The Hall–Kier alpha value is -3.69. The van der Waals surface area contributed by atoms with Crippen LogP contribution in [0.4, 0.5) is 17.6 Å². The highest BCUT2D eigenvalue weighted by molar-refractivity contribution is 6.07. The lowest BCUT2D eigenvalue weighted by molar-refractivity contribution is -0.137. The van der Waals surface area contributed by atoms with Gasteiger partial charge >= 0.3 is 6.18 Å². The summed E-state index contributed by atoms with van der Waals surface area (Å²) in [5, 5.41) is 9.86. The first-order chi connectivity index (χ1) is 16.7. The Bertz CT molecular complexity index is 1210. The summed E-state index contributed by atoms with van der Waals surface area (Å²) in [5.41, 5.74) is 0.968. The fourth-order valence-corrected chi connectivity index (χ4v) is 4.00. The molecule has 0 atom stereocenters. The number of aromatic nitrogens is 2. The lowest BCUT2D eigenvalue weighted by Gasteiger charge is -2.12. The van der Waals surface area contributed by atoms with E-state index in [4.69, 9.17) is 9.73 Å². The number of H-pyrrole nitrogens is 1. The summed E-state index contributed by atoms with van der Waals surface area (Å²) in [4.78, 5) is 17.4. The minimum absolute atomic E-state index is 0.0657. The van der Waals surface area contributed by atoms with E-state index in [0.717, 1.165) is 49.9 Å². The van der Waals surface area contributed by atoms with Gasteiger partial charge in [0.1, 0.15) is 5.84 Å². The van der Waals surface area contributed by atoms with Crippen molar-refractivity contribution in [2.75, 3.05) is 7.11 Å². The second kappa shape index (κ2) is 10.3. The molecule has 0 bridgehead atoms. The Morgan fingerprint density at radius 1 is 1.14 bits per heavy atom. The van der Waals surface area contributed by atoms with Crippen LogP contribution in [0, 0.1) is 5.82 Å². The number of aromatic amines is 1. The van der Waals surface area contributed by atoms with Crippen LogP contribution in [0.5, 0.6) is 5.75 Å². The normalized spacial score (nSPS) is 14.8. The van der Waals surface area contributed by atoms with Gasteiger partial charge in [-0.1, -0.05) is 12.8 Å². The third kappa shape index (κ3) is 6.06. The number of aliphatic imine (C=N–C) groups is 1. The molecule has 1 aliphatic carbocycles. The van der Waals surface area contributed by atoms with E-state index in [1.807, 2.05) is 0 Å². The zero-order chi connectivity index (χ0) is 25.0. The van der Waals surface area contributed by atoms with Crippen molar-refractivity contribution in [1.82, 2.24) is 15.5 Å². The number of methoxy groups -OCH3 is 1. The van der Waals surface area contributed by atoms with Crippen molar-refractivity contribution >= 4 is 11.7 Å². The summed E-state index contributed by atoms with van der Waals surface area (Å²) >= 11 is 0. The Kier molecular flexibility index (Phi) is 7.18. The molecule has 1 fully saturated rings. The molecule has 6 nitrogen and oxygen atoms in total. The molecule has 2 aromatic carbocycles. The zero-order valence-corrected chi connectivity index (χ0v) is 19.0. The van der Waals surface area contributed by atoms with Crippen molar-refractivity contribution in [3.05, 3.63) is 71.2 Å². The number of hydrogen-bond acceptors (Lipinski definition) is 4. The number of rotatable bonds is 6. The van der Waals surface area contributed by atoms with Crippen molar-refractivity contribution < 1.29 is 27.1 Å². The first-order valence-electron chi connectivity index (χ1n) is 11.2. The van der Waals surface area contributed by atoms with Crippen molar-refractivity contribution in [1.29, 1.82) is 0 Å². The van der Waals surface area contributed by atoms with Gasteiger partial charge in [0, 0.05) is 23.2 Å². The van der Waals surface area contributed by atoms with E-state index in [0.29, 0.717) is 22.8 Å². The third-order valence-electron chi connectivity index (χ3n) is 5.83. The fraction of sp³-hybridized carbons (Fsp3) is 0.320. The maximum atomic E-state index is 14.1. The number of halogens is 4. The topological polar surface area (TPSA) is 79.4 Å². The van der Waals surface area contributed by atoms with E-state index in [1.54, 1.807) is 12.1 Å². The minimum atomic E-state index is -4.48. The van der Waals surface area contributed by atoms with E-state index in [9.17, 15) is 22.4 Å². The molecule has 0 aliphatic heterocycles. The van der Waals surface area contributed by atoms with Gasteiger partial charge in [-0.05, 0) is 61.4 Å². The smallest absolute Gasteiger partial charge is 0.416 e. The molecule has 0 radical (unpaired) electrons. The third-order valence-corrected chi connectivity index (χ3v) is 5.83. The summed E-state index contributed by atoms with van der Waals surface area (Å²) in [6.45, 7) is 0. The average molecular weight is 488 g/mol. The molecular formula is C25H24F4N4O2. The van der Waals surface area contributed by atoms with Crippen LogP contribution in [-0.2, 0) is 12.6 Å².